The van der Waals surface area contributed by atoms with E-state index < -0.39 is 30.1 Å². The van der Waals surface area contributed by atoms with Crippen LogP contribution in [-0.2, 0) is 23.9 Å². The summed E-state index contributed by atoms with van der Waals surface area (Å²) in [4.78, 5) is 33.0. The molecule has 0 fully saturated rings. The molecule has 0 bridgehead atoms. The lowest BCUT2D eigenvalue weighted by Gasteiger charge is -2.10. The summed E-state index contributed by atoms with van der Waals surface area (Å²) < 4.78 is 42.6. The third kappa shape index (κ3) is 5.89. The van der Waals surface area contributed by atoms with Gasteiger partial charge in [0, 0.05) is 12.4 Å². The topological polar surface area (TPSA) is 88.4 Å². The number of fused-ring (bicyclic) bond motifs is 1. The van der Waals surface area contributed by atoms with Gasteiger partial charge in [-0.1, -0.05) is 35.3 Å². The first-order valence-corrected chi connectivity index (χ1v) is 10.9. The number of hydrogen-bond donors (Lipinski definition) is 2. The number of aromatic nitrogens is 3. The molecule has 2 N–H and O–H groups in total. The van der Waals surface area contributed by atoms with Crippen LogP contribution in [0.2, 0.25) is 10.0 Å². The first-order chi connectivity index (χ1) is 16.6. The van der Waals surface area contributed by atoms with E-state index >= 15 is 0 Å². The summed E-state index contributed by atoms with van der Waals surface area (Å²) in [6.07, 6.45) is -2.57. The second kappa shape index (κ2) is 11.2. The normalized spacial score (nSPS) is 11.1. The highest BCUT2D eigenvalue weighted by Crippen LogP contribution is 2.34. The molecule has 2 amide bonds. The van der Waals surface area contributed by atoms with Crippen LogP contribution in [0.1, 0.15) is 27.4 Å². The van der Waals surface area contributed by atoms with E-state index in [1.165, 1.54) is 30.5 Å². The molecular weight excluding hydrogens is 542 g/mol. The number of carbonyl (C=O) groups is 2. The summed E-state index contributed by atoms with van der Waals surface area (Å²) in [6.45, 7) is 0.0532. The number of carbonyl (C=O) groups excluding carboxylic acids is 2. The van der Waals surface area contributed by atoms with Crippen LogP contribution in [0.5, 0.6) is 0 Å². The van der Waals surface area contributed by atoms with Gasteiger partial charge in [-0.3, -0.25) is 14.6 Å². The largest absolute Gasteiger partial charge is 0.435 e. The fraction of sp³-hybridized carbons (Fsp3) is 0.130. The van der Waals surface area contributed by atoms with E-state index in [-0.39, 0.29) is 51.6 Å². The maximum atomic E-state index is 13.8. The van der Waals surface area contributed by atoms with E-state index in [4.69, 9.17) is 23.2 Å². The predicted molar refractivity (Wildman–Crippen MR) is 132 cm³/mol. The van der Waals surface area contributed by atoms with E-state index in [1.807, 2.05) is 0 Å². The number of rotatable bonds is 6. The van der Waals surface area contributed by atoms with Gasteiger partial charge in [-0.15, -0.1) is 12.4 Å². The number of halogens is 6. The van der Waals surface area contributed by atoms with Gasteiger partial charge in [-0.2, -0.15) is 13.2 Å². The molecule has 7 nitrogen and oxygen atoms in total. The average Bonchev–Trinajstić information content (AvgIpc) is 3.18. The molecular formula is C23H17Cl3F3N5O2. The molecule has 1 aromatic carbocycles. The summed E-state index contributed by atoms with van der Waals surface area (Å²) in [5.41, 5.74) is -1.29. The Morgan fingerprint density at radius 1 is 1.00 bits per heavy atom. The third-order valence-electron chi connectivity index (χ3n) is 4.98. The van der Waals surface area contributed by atoms with Gasteiger partial charge in [0.05, 0.1) is 45.6 Å². The van der Waals surface area contributed by atoms with Crippen LogP contribution in [0.4, 0.5) is 18.9 Å². The fourth-order valence-electron chi connectivity index (χ4n) is 3.42. The Bertz CT molecular complexity index is 1390. The number of alkyl halides is 3. The molecule has 0 radical (unpaired) electrons. The Morgan fingerprint density at radius 3 is 2.36 bits per heavy atom. The van der Waals surface area contributed by atoms with Gasteiger partial charge in [0.1, 0.15) is 0 Å². The Labute approximate surface area is 219 Å². The van der Waals surface area contributed by atoms with Crippen LogP contribution in [-0.4, -0.2) is 26.2 Å². The smallest absolute Gasteiger partial charge is 0.350 e. The van der Waals surface area contributed by atoms with E-state index in [0.29, 0.717) is 5.69 Å². The minimum Gasteiger partial charge on any atom is -0.350 e. The van der Waals surface area contributed by atoms with Gasteiger partial charge in [-0.25, -0.2) is 4.98 Å². The Morgan fingerprint density at radius 2 is 1.72 bits per heavy atom. The summed E-state index contributed by atoms with van der Waals surface area (Å²) in [5.74, 6) is -1.37. The Balaban J connectivity index is 0.00000361. The molecule has 188 valence electrons. The van der Waals surface area contributed by atoms with E-state index in [2.05, 4.69) is 20.6 Å². The monoisotopic (exact) mass is 557 g/mol. The van der Waals surface area contributed by atoms with E-state index in [9.17, 15) is 22.8 Å². The number of benzene rings is 1. The second-order valence-electron chi connectivity index (χ2n) is 7.35. The number of nitrogens with zero attached hydrogens (tertiary/aromatic N) is 3. The van der Waals surface area contributed by atoms with Gasteiger partial charge in [0.2, 0.25) is 5.91 Å². The van der Waals surface area contributed by atoms with Crippen molar-refractivity contribution in [3.05, 3.63) is 93.6 Å². The van der Waals surface area contributed by atoms with Crippen molar-refractivity contribution < 1.29 is 22.8 Å². The standard InChI is InChI=1S/C23H16Cl2F3N5O2.ClH/c24-14-6-3-7-15(25)19(14)22(35)31-16-8-4-10-33-17(20(23(26,27)28)32-21(16)33)11-18(34)30-12-13-5-1-2-9-29-13;/h1-10H,11-12H2,(H,30,34)(H,31,35);1H. The van der Waals surface area contributed by atoms with Gasteiger partial charge in [0.25, 0.3) is 5.91 Å². The zero-order valence-electron chi connectivity index (χ0n) is 18.1. The molecule has 4 aromatic rings. The number of imidazole rings is 1. The van der Waals surface area contributed by atoms with Gasteiger partial charge in [0.15, 0.2) is 11.3 Å². The van der Waals surface area contributed by atoms with Crippen molar-refractivity contribution in [3.8, 4) is 0 Å². The fourth-order valence-corrected chi connectivity index (χ4v) is 3.99. The molecule has 0 aliphatic rings. The average molecular weight is 559 g/mol. The SMILES string of the molecule is Cl.O=C(Cc1c(C(F)(F)F)nc2c(NC(=O)c3c(Cl)cccc3Cl)cccn12)NCc1ccccn1. The van der Waals surface area contributed by atoms with Crippen molar-refractivity contribution in [3.63, 3.8) is 0 Å². The van der Waals surface area contributed by atoms with Crippen molar-refractivity contribution in [2.45, 2.75) is 19.1 Å². The van der Waals surface area contributed by atoms with Crippen molar-refractivity contribution in [1.82, 2.24) is 19.7 Å². The first-order valence-electron chi connectivity index (χ1n) is 10.1. The van der Waals surface area contributed by atoms with Crippen molar-refractivity contribution in [2.24, 2.45) is 0 Å². The minimum atomic E-state index is -4.84. The maximum absolute atomic E-state index is 13.8. The number of nitrogens with one attached hydrogen (secondary N) is 2. The van der Waals surface area contributed by atoms with Crippen molar-refractivity contribution in [2.75, 3.05) is 5.32 Å². The Kier molecular flexibility index (Phi) is 8.44. The molecule has 0 aliphatic heterocycles. The lowest BCUT2D eigenvalue weighted by Crippen LogP contribution is -2.26. The molecule has 0 saturated heterocycles. The predicted octanol–water partition coefficient (Wildman–Crippen LogP) is 5.59. The number of amides is 2. The van der Waals surface area contributed by atoms with Crippen molar-refractivity contribution >= 4 is 58.8 Å². The highest BCUT2D eigenvalue weighted by atomic mass is 35.5. The molecule has 0 saturated carbocycles. The maximum Gasteiger partial charge on any atom is 0.435 e. The highest BCUT2D eigenvalue weighted by Gasteiger charge is 2.38. The summed E-state index contributed by atoms with van der Waals surface area (Å²) in [7, 11) is 0. The molecule has 3 aromatic heterocycles. The number of anilines is 1. The molecule has 36 heavy (non-hydrogen) atoms. The van der Waals surface area contributed by atoms with Crippen LogP contribution in [0.25, 0.3) is 5.65 Å². The first kappa shape index (κ1) is 27.3. The molecule has 13 heteroatoms. The van der Waals surface area contributed by atoms with Gasteiger partial charge >= 0.3 is 6.18 Å². The second-order valence-corrected chi connectivity index (χ2v) is 8.16. The molecule has 4 rings (SSSR count). The summed E-state index contributed by atoms with van der Waals surface area (Å²) in [6, 6.07) is 12.4. The molecule has 0 aliphatic carbocycles. The van der Waals surface area contributed by atoms with Crippen LogP contribution in [0.15, 0.2) is 60.9 Å². The van der Waals surface area contributed by atoms with Gasteiger partial charge in [-0.05, 0) is 36.4 Å². The molecule has 3 heterocycles. The van der Waals surface area contributed by atoms with Crippen LogP contribution in [0, 0.1) is 0 Å². The number of hydrogen-bond acceptors (Lipinski definition) is 4. The number of pyridine rings is 2. The zero-order chi connectivity index (χ0) is 25.2. The minimum absolute atomic E-state index is 0. The molecule has 0 unspecified atom stereocenters. The van der Waals surface area contributed by atoms with Crippen LogP contribution in [0.3, 0.4) is 0 Å². The quantitative estimate of drug-likeness (QED) is 0.323. The molecule has 0 spiro atoms. The summed E-state index contributed by atoms with van der Waals surface area (Å²) in [5, 5.41) is 5.21. The molecule has 0 atom stereocenters. The highest BCUT2D eigenvalue weighted by molar-refractivity contribution is 6.40. The summed E-state index contributed by atoms with van der Waals surface area (Å²) >= 11 is 12.1. The van der Waals surface area contributed by atoms with E-state index in [1.54, 1.807) is 30.5 Å². The van der Waals surface area contributed by atoms with Crippen molar-refractivity contribution in [1.29, 1.82) is 0 Å². The zero-order valence-corrected chi connectivity index (χ0v) is 20.5. The third-order valence-corrected chi connectivity index (χ3v) is 5.61. The lowest BCUT2D eigenvalue weighted by molar-refractivity contribution is -0.141. The van der Waals surface area contributed by atoms with Crippen LogP contribution < -0.4 is 10.6 Å². The van der Waals surface area contributed by atoms with Gasteiger partial charge < -0.3 is 15.0 Å². The van der Waals surface area contributed by atoms with E-state index in [0.717, 1.165) is 4.40 Å². The lowest BCUT2D eigenvalue weighted by atomic mass is 10.2. The van der Waals surface area contributed by atoms with Crippen LogP contribution >= 0.6 is 35.6 Å². The Hall–Kier alpha value is -3.34.